The van der Waals surface area contributed by atoms with Gasteiger partial charge in [-0.15, -0.1) is 11.3 Å². The lowest BCUT2D eigenvalue weighted by molar-refractivity contribution is 0.0737. The highest BCUT2D eigenvalue weighted by molar-refractivity contribution is 7.16. The maximum absolute atomic E-state index is 12.6. The highest BCUT2D eigenvalue weighted by Crippen LogP contribution is 2.29. The first-order valence-corrected chi connectivity index (χ1v) is 8.52. The fraction of sp³-hybridized carbons (Fsp3) is 0.333. The van der Waals surface area contributed by atoms with Crippen LogP contribution in [0.15, 0.2) is 24.0 Å². The van der Waals surface area contributed by atoms with Crippen LogP contribution in [0.5, 0.6) is 0 Å². The summed E-state index contributed by atoms with van der Waals surface area (Å²) in [6, 6.07) is 2.02. The Kier molecular flexibility index (Phi) is 3.57. The lowest BCUT2D eigenvalue weighted by Gasteiger charge is -2.35. The monoisotopic (exact) mass is 343 g/mol. The van der Waals surface area contributed by atoms with Crippen molar-refractivity contribution in [3.63, 3.8) is 0 Å². The van der Waals surface area contributed by atoms with E-state index in [0.29, 0.717) is 31.9 Å². The largest absolute Gasteiger partial charge is 0.368 e. The van der Waals surface area contributed by atoms with Gasteiger partial charge in [-0.3, -0.25) is 4.79 Å². The first-order valence-electron chi connectivity index (χ1n) is 7.65. The van der Waals surface area contributed by atoms with Crippen LogP contribution in [-0.4, -0.2) is 56.5 Å². The van der Waals surface area contributed by atoms with Gasteiger partial charge in [0, 0.05) is 33.2 Å². The standard InChI is InChI=1S/C15H17N7OS/c1-20-9-17-8-11(20)14(23)22-5-3-21(4-6-22)12-10-2-7-24-13(10)19-15(16)18-12/h2,7-9H,3-6H2,1H3,(H2,16,18,19). The number of fused-ring (bicyclic) bond motifs is 1. The molecule has 0 radical (unpaired) electrons. The molecule has 8 nitrogen and oxygen atoms in total. The van der Waals surface area contributed by atoms with Gasteiger partial charge in [0.1, 0.15) is 16.3 Å². The van der Waals surface area contributed by atoms with Crippen molar-refractivity contribution in [3.05, 3.63) is 29.7 Å². The molecular weight excluding hydrogens is 326 g/mol. The molecule has 2 N–H and O–H groups in total. The molecule has 0 unspecified atom stereocenters. The van der Waals surface area contributed by atoms with Crippen molar-refractivity contribution in [1.29, 1.82) is 0 Å². The van der Waals surface area contributed by atoms with Crippen LogP contribution in [0, 0.1) is 0 Å². The highest BCUT2D eigenvalue weighted by Gasteiger charge is 2.25. The fourth-order valence-corrected chi connectivity index (χ4v) is 3.71. The van der Waals surface area contributed by atoms with Gasteiger partial charge in [-0.1, -0.05) is 0 Å². The molecule has 1 saturated heterocycles. The molecule has 1 aliphatic heterocycles. The number of carbonyl (C=O) groups excluding carboxylic acids is 1. The molecule has 4 rings (SSSR count). The summed E-state index contributed by atoms with van der Waals surface area (Å²) in [7, 11) is 1.83. The van der Waals surface area contributed by atoms with Crippen LogP contribution in [-0.2, 0) is 7.05 Å². The number of amides is 1. The molecule has 0 atom stereocenters. The number of rotatable bonds is 2. The Labute approximate surface area is 142 Å². The highest BCUT2D eigenvalue weighted by atomic mass is 32.1. The van der Waals surface area contributed by atoms with Gasteiger partial charge in [0.05, 0.1) is 17.9 Å². The minimum atomic E-state index is 0.0116. The van der Waals surface area contributed by atoms with Crippen LogP contribution in [0.3, 0.4) is 0 Å². The van der Waals surface area contributed by atoms with Gasteiger partial charge < -0.3 is 20.1 Å². The van der Waals surface area contributed by atoms with Crippen molar-refractivity contribution in [2.75, 3.05) is 36.8 Å². The number of hydrogen-bond donors (Lipinski definition) is 1. The molecule has 0 aliphatic carbocycles. The molecule has 1 aliphatic rings. The molecule has 4 heterocycles. The molecule has 24 heavy (non-hydrogen) atoms. The number of hydrogen-bond acceptors (Lipinski definition) is 7. The van der Waals surface area contributed by atoms with Gasteiger partial charge in [-0.25, -0.2) is 9.97 Å². The zero-order valence-corrected chi connectivity index (χ0v) is 14.0. The zero-order chi connectivity index (χ0) is 16.7. The summed E-state index contributed by atoms with van der Waals surface area (Å²) in [5, 5.41) is 3.00. The van der Waals surface area contributed by atoms with E-state index < -0.39 is 0 Å². The first-order chi connectivity index (χ1) is 11.6. The smallest absolute Gasteiger partial charge is 0.272 e. The number of nitrogens with two attached hydrogens (primary N) is 1. The van der Waals surface area contributed by atoms with Gasteiger partial charge in [-0.05, 0) is 11.4 Å². The zero-order valence-electron chi connectivity index (χ0n) is 13.2. The van der Waals surface area contributed by atoms with Crippen molar-refractivity contribution in [2.24, 2.45) is 7.05 Å². The summed E-state index contributed by atoms with van der Waals surface area (Å²) >= 11 is 1.55. The van der Waals surface area contributed by atoms with E-state index in [2.05, 4.69) is 19.9 Å². The van der Waals surface area contributed by atoms with Crippen molar-refractivity contribution in [2.45, 2.75) is 0 Å². The number of aryl methyl sites for hydroxylation is 1. The lowest BCUT2D eigenvalue weighted by Crippen LogP contribution is -2.49. The van der Waals surface area contributed by atoms with Crippen LogP contribution in [0.2, 0.25) is 0 Å². The lowest BCUT2D eigenvalue weighted by atomic mass is 10.2. The third kappa shape index (κ3) is 2.46. The second-order valence-corrected chi connectivity index (χ2v) is 6.61. The molecule has 3 aromatic heterocycles. The molecule has 0 spiro atoms. The van der Waals surface area contributed by atoms with Crippen LogP contribution >= 0.6 is 11.3 Å². The number of piperazine rings is 1. The topological polar surface area (TPSA) is 93.2 Å². The Morgan fingerprint density at radius 2 is 2.04 bits per heavy atom. The van der Waals surface area contributed by atoms with E-state index in [0.717, 1.165) is 16.0 Å². The van der Waals surface area contributed by atoms with E-state index in [1.165, 1.54) is 0 Å². The Morgan fingerprint density at radius 3 is 2.75 bits per heavy atom. The second kappa shape index (κ2) is 5.75. The van der Waals surface area contributed by atoms with E-state index in [9.17, 15) is 4.79 Å². The summed E-state index contributed by atoms with van der Waals surface area (Å²) < 4.78 is 1.74. The number of aromatic nitrogens is 4. The Hall–Kier alpha value is -2.68. The summed E-state index contributed by atoms with van der Waals surface area (Å²) in [5.41, 5.74) is 6.44. The maximum Gasteiger partial charge on any atom is 0.272 e. The Morgan fingerprint density at radius 1 is 1.25 bits per heavy atom. The maximum atomic E-state index is 12.6. The molecular formula is C15H17N7OS. The first kappa shape index (κ1) is 14.9. The molecule has 0 bridgehead atoms. The summed E-state index contributed by atoms with van der Waals surface area (Å²) in [4.78, 5) is 30.2. The van der Waals surface area contributed by atoms with Crippen LogP contribution in [0.1, 0.15) is 10.5 Å². The van der Waals surface area contributed by atoms with Crippen molar-refractivity contribution in [3.8, 4) is 0 Å². The van der Waals surface area contributed by atoms with Crippen molar-refractivity contribution < 1.29 is 4.79 Å². The van der Waals surface area contributed by atoms with Gasteiger partial charge in [0.25, 0.3) is 5.91 Å². The van der Waals surface area contributed by atoms with E-state index in [1.807, 2.05) is 23.4 Å². The number of thiophene rings is 1. The van der Waals surface area contributed by atoms with Gasteiger partial charge in [0.15, 0.2) is 0 Å². The molecule has 1 fully saturated rings. The van der Waals surface area contributed by atoms with Crippen molar-refractivity contribution in [1.82, 2.24) is 24.4 Å². The predicted octanol–water partition coefficient (Wildman–Crippen LogP) is 0.969. The molecule has 9 heteroatoms. The minimum Gasteiger partial charge on any atom is -0.368 e. The number of anilines is 2. The quantitative estimate of drug-likeness (QED) is 0.745. The molecule has 0 saturated carbocycles. The second-order valence-electron chi connectivity index (χ2n) is 5.71. The average Bonchev–Trinajstić information content (AvgIpc) is 3.22. The number of nitrogen functional groups attached to an aromatic ring is 1. The van der Waals surface area contributed by atoms with E-state index in [4.69, 9.17) is 5.73 Å². The number of carbonyl (C=O) groups is 1. The predicted molar refractivity (Wildman–Crippen MR) is 93.2 cm³/mol. The fourth-order valence-electron chi connectivity index (χ4n) is 2.94. The summed E-state index contributed by atoms with van der Waals surface area (Å²) in [6.45, 7) is 2.70. The van der Waals surface area contributed by atoms with Gasteiger partial charge >= 0.3 is 0 Å². The molecule has 1 amide bonds. The third-order valence-electron chi connectivity index (χ3n) is 4.22. The summed E-state index contributed by atoms with van der Waals surface area (Å²) in [5.74, 6) is 1.15. The van der Waals surface area contributed by atoms with E-state index in [-0.39, 0.29) is 11.9 Å². The Balaban J connectivity index is 1.53. The third-order valence-corrected chi connectivity index (χ3v) is 5.03. The van der Waals surface area contributed by atoms with Crippen LogP contribution in [0.25, 0.3) is 10.2 Å². The van der Waals surface area contributed by atoms with Crippen LogP contribution in [0.4, 0.5) is 11.8 Å². The minimum absolute atomic E-state index is 0.0116. The SMILES string of the molecule is Cn1cncc1C(=O)N1CCN(c2nc(N)nc3sccc23)CC1. The molecule has 3 aromatic rings. The molecule has 124 valence electrons. The van der Waals surface area contributed by atoms with E-state index in [1.54, 1.807) is 28.4 Å². The average molecular weight is 343 g/mol. The van der Waals surface area contributed by atoms with E-state index >= 15 is 0 Å². The van der Waals surface area contributed by atoms with Crippen LogP contribution < -0.4 is 10.6 Å². The molecule has 0 aromatic carbocycles. The van der Waals surface area contributed by atoms with Gasteiger partial charge in [0.2, 0.25) is 5.95 Å². The number of nitrogens with zero attached hydrogens (tertiary/aromatic N) is 6. The Bertz CT molecular complexity index is 894. The van der Waals surface area contributed by atoms with Gasteiger partial charge in [-0.2, -0.15) is 4.98 Å². The number of imidazole rings is 1. The normalized spacial score (nSPS) is 15.2. The summed E-state index contributed by atoms with van der Waals surface area (Å²) in [6.07, 6.45) is 3.25. The van der Waals surface area contributed by atoms with Crippen molar-refractivity contribution >= 4 is 39.2 Å².